The van der Waals surface area contributed by atoms with E-state index in [-0.39, 0.29) is 57.8 Å². The summed E-state index contributed by atoms with van der Waals surface area (Å²) in [5, 5.41) is 19.6. The molecule has 38 heavy (non-hydrogen) atoms. The number of hydrogen-bond acceptors (Lipinski definition) is 6. The van der Waals surface area contributed by atoms with Crippen molar-refractivity contribution < 1.29 is 56.9 Å². The molecule has 5 atom stereocenters. The van der Waals surface area contributed by atoms with Gasteiger partial charge in [-0.25, -0.2) is 8.42 Å². The Labute approximate surface area is 252 Å². The van der Waals surface area contributed by atoms with Crippen LogP contribution in [-0.4, -0.2) is 29.3 Å². The molecule has 0 bridgehead atoms. The van der Waals surface area contributed by atoms with E-state index in [1.54, 1.807) is 6.07 Å². The van der Waals surface area contributed by atoms with Crippen molar-refractivity contribution in [2.24, 2.45) is 28.6 Å². The summed E-state index contributed by atoms with van der Waals surface area (Å²) in [4.78, 5) is 0. The molecule has 2 aliphatic rings. The van der Waals surface area contributed by atoms with Crippen molar-refractivity contribution in [3.63, 3.8) is 0 Å². The van der Waals surface area contributed by atoms with Crippen molar-refractivity contribution in [1.29, 1.82) is 0 Å². The van der Waals surface area contributed by atoms with Crippen molar-refractivity contribution in [2.45, 2.75) is 111 Å². The zero-order chi connectivity index (χ0) is 27.4. The molecule has 2 aliphatic carbocycles. The van der Waals surface area contributed by atoms with E-state index in [0.717, 1.165) is 44.1 Å². The molecule has 210 valence electrons. The van der Waals surface area contributed by atoms with Crippen LogP contribution in [0.1, 0.15) is 104 Å². The molecule has 3 rings (SSSR count). The van der Waals surface area contributed by atoms with E-state index in [9.17, 15) is 23.2 Å². The Morgan fingerprint density at radius 2 is 1.89 bits per heavy atom. The third-order valence-electron chi connectivity index (χ3n) is 9.61. The molecule has 0 saturated heterocycles. The maximum absolute atomic E-state index is 11.7. The van der Waals surface area contributed by atoms with Gasteiger partial charge in [-0.15, -0.1) is 0 Å². The quantitative estimate of drug-likeness (QED) is 0.138. The minimum absolute atomic E-state index is 0. The van der Waals surface area contributed by atoms with E-state index < -0.39 is 16.5 Å². The van der Waals surface area contributed by atoms with Gasteiger partial charge in [0.05, 0.1) is 6.10 Å². The summed E-state index contributed by atoms with van der Waals surface area (Å²) in [7, 11) is -4.78. The van der Waals surface area contributed by atoms with Crippen LogP contribution in [-0.2, 0) is 21.0 Å². The molecule has 2 fully saturated rings. The Balaban J connectivity index is 0.00000507. The van der Waals surface area contributed by atoms with Gasteiger partial charge in [0, 0.05) is 5.56 Å². The van der Waals surface area contributed by atoms with Crippen LogP contribution in [0.15, 0.2) is 29.8 Å². The first-order valence-electron chi connectivity index (χ1n) is 14.0. The van der Waals surface area contributed by atoms with Gasteiger partial charge in [0.1, 0.15) is 11.5 Å². The standard InChI is InChI=1S/C30H48O6S.Na/c1-21(13-14-23-19-25(31)15-16-26(23)32)9-6-10-22(2)27(36-37(33,34)35)20-24-11-7-12-28-29(3,4)17-8-18-30(24,28)5;/h13,15-16,19,22,24,27-28,31-32H,6-12,14,17-18,20H2,1-5H3,(H,33,34,35);/q;+1/p-1/b21-13+;/t22-,24+,27-,28+,30+;/m1./s1. The number of allylic oxidation sites excluding steroid dienone is 2. The Kier molecular flexibility index (Phi) is 12.3. The molecular formula is C30H47NaO6S. The Hall–Kier alpha value is -0.570. The largest absolute Gasteiger partial charge is 1.00 e. The summed E-state index contributed by atoms with van der Waals surface area (Å²) in [5.74, 6) is 1.21. The van der Waals surface area contributed by atoms with Gasteiger partial charge < -0.3 is 14.8 Å². The number of aromatic hydroxyl groups is 2. The number of rotatable bonds is 11. The number of fused-ring (bicyclic) bond motifs is 1. The smallest absolute Gasteiger partial charge is 0.726 e. The fraction of sp³-hybridized carbons (Fsp3) is 0.733. The first kappa shape index (κ1) is 33.6. The van der Waals surface area contributed by atoms with E-state index in [2.05, 4.69) is 20.8 Å². The third kappa shape index (κ3) is 8.97. The van der Waals surface area contributed by atoms with Crippen LogP contribution in [0.3, 0.4) is 0 Å². The molecule has 1 aromatic carbocycles. The fourth-order valence-corrected chi connectivity index (χ4v) is 8.04. The molecule has 0 spiro atoms. The van der Waals surface area contributed by atoms with Gasteiger partial charge in [-0.2, -0.15) is 0 Å². The van der Waals surface area contributed by atoms with Crippen molar-refractivity contribution in [3.8, 4) is 11.5 Å². The van der Waals surface area contributed by atoms with Crippen LogP contribution >= 0.6 is 0 Å². The molecule has 0 amide bonds. The molecule has 0 unspecified atom stereocenters. The predicted octanol–water partition coefficient (Wildman–Crippen LogP) is 4.27. The number of phenols is 2. The predicted molar refractivity (Wildman–Crippen MR) is 146 cm³/mol. The van der Waals surface area contributed by atoms with Gasteiger partial charge in [-0.05, 0) is 111 Å². The number of hydrogen-bond donors (Lipinski definition) is 2. The topological polar surface area (TPSA) is 107 Å². The second-order valence-corrected chi connectivity index (χ2v) is 13.8. The summed E-state index contributed by atoms with van der Waals surface area (Å²) >= 11 is 0. The minimum Gasteiger partial charge on any atom is -0.726 e. The average Bonchev–Trinajstić information content (AvgIpc) is 2.78. The van der Waals surface area contributed by atoms with Gasteiger partial charge in [-0.1, -0.05) is 52.2 Å². The molecule has 2 saturated carbocycles. The van der Waals surface area contributed by atoms with Gasteiger partial charge in [-0.3, -0.25) is 4.18 Å². The average molecular weight is 559 g/mol. The molecule has 1 aromatic rings. The summed E-state index contributed by atoms with van der Waals surface area (Å²) in [6.45, 7) is 11.2. The summed E-state index contributed by atoms with van der Waals surface area (Å²) in [6.07, 6.45) is 12.1. The third-order valence-corrected chi connectivity index (χ3v) is 10.1. The second kappa shape index (κ2) is 13.9. The molecule has 0 radical (unpaired) electrons. The number of phenolic OH excluding ortho intramolecular Hbond substituents is 2. The van der Waals surface area contributed by atoms with Gasteiger partial charge in [0.25, 0.3) is 0 Å². The van der Waals surface area contributed by atoms with Crippen LogP contribution in [0, 0.1) is 28.6 Å². The van der Waals surface area contributed by atoms with Crippen molar-refractivity contribution in [3.05, 3.63) is 35.4 Å². The van der Waals surface area contributed by atoms with E-state index in [1.807, 2.05) is 19.9 Å². The molecule has 0 aromatic heterocycles. The summed E-state index contributed by atoms with van der Waals surface area (Å²) in [5.41, 5.74) is 2.28. The Bertz CT molecular complexity index is 1050. The Morgan fingerprint density at radius 1 is 1.18 bits per heavy atom. The number of benzene rings is 1. The van der Waals surface area contributed by atoms with Gasteiger partial charge in [0.15, 0.2) is 0 Å². The Morgan fingerprint density at radius 3 is 2.58 bits per heavy atom. The van der Waals surface area contributed by atoms with Crippen LogP contribution in [0.4, 0.5) is 0 Å². The molecule has 8 heteroatoms. The zero-order valence-corrected chi connectivity index (χ0v) is 27.1. The van der Waals surface area contributed by atoms with E-state index in [0.29, 0.717) is 30.2 Å². The molecular weight excluding hydrogens is 511 g/mol. The van der Waals surface area contributed by atoms with E-state index in [4.69, 9.17) is 4.18 Å². The van der Waals surface area contributed by atoms with Crippen LogP contribution < -0.4 is 29.6 Å². The van der Waals surface area contributed by atoms with Gasteiger partial charge >= 0.3 is 29.6 Å². The van der Waals surface area contributed by atoms with Crippen molar-refractivity contribution >= 4 is 10.4 Å². The van der Waals surface area contributed by atoms with Crippen molar-refractivity contribution in [2.75, 3.05) is 0 Å². The van der Waals surface area contributed by atoms with Crippen LogP contribution in [0.5, 0.6) is 11.5 Å². The second-order valence-electron chi connectivity index (χ2n) is 12.7. The minimum atomic E-state index is -4.78. The molecule has 6 nitrogen and oxygen atoms in total. The first-order valence-corrected chi connectivity index (χ1v) is 15.4. The van der Waals surface area contributed by atoms with E-state index >= 15 is 0 Å². The summed E-state index contributed by atoms with van der Waals surface area (Å²) in [6, 6.07) is 4.51. The molecule has 0 aliphatic heterocycles. The normalized spacial score (nSPS) is 27.2. The molecule has 2 N–H and O–H groups in total. The fourth-order valence-electron chi connectivity index (χ4n) is 7.47. The van der Waals surface area contributed by atoms with Gasteiger partial charge in [0.2, 0.25) is 10.4 Å². The van der Waals surface area contributed by atoms with Crippen LogP contribution in [0.25, 0.3) is 0 Å². The maximum Gasteiger partial charge on any atom is 1.00 e. The maximum atomic E-state index is 11.7. The summed E-state index contributed by atoms with van der Waals surface area (Å²) < 4.78 is 40.3. The first-order chi connectivity index (χ1) is 17.2. The van der Waals surface area contributed by atoms with Crippen LogP contribution in [0.2, 0.25) is 0 Å². The monoisotopic (exact) mass is 558 g/mol. The SMILES string of the molecule is C/C(=C\Cc1cc(O)ccc1O)CCC[C@@H](C)[C@@H](C[C@@H]1CCC[C@H]2C(C)(C)CCC[C@@]12C)OS(=O)(=O)[O-].[Na+]. The molecule has 0 heterocycles. The zero-order valence-electron chi connectivity index (χ0n) is 24.3. The van der Waals surface area contributed by atoms with E-state index in [1.165, 1.54) is 31.4 Å². The van der Waals surface area contributed by atoms with Crippen molar-refractivity contribution in [1.82, 2.24) is 0 Å².